The third-order valence-electron chi connectivity index (χ3n) is 1.77. The van der Waals surface area contributed by atoms with Crippen molar-refractivity contribution >= 4 is 12.6 Å². The van der Waals surface area contributed by atoms with Gasteiger partial charge in [0.15, 0.2) is 5.84 Å². The Morgan fingerprint density at radius 3 is 2.33 bits per heavy atom. The zero-order valence-corrected chi connectivity index (χ0v) is 8.52. The molecule has 0 aliphatic rings. The fourth-order valence-electron chi connectivity index (χ4n) is 1.36. The van der Waals surface area contributed by atoms with Crippen LogP contribution in [0.5, 0.6) is 0 Å². The average Bonchev–Trinajstić information content (AvgIpc) is 1.85. The van der Waals surface area contributed by atoms with Gasteiger partial charge in [-0.1, -0.05) is 13.8 Å². The predicted octanol–water partition coefficient (Wildman–Crippen LogP) is 0.941. The van der Waals surface area contributed by atoms with Gasteiger partial charge in [0.05, 0.1) is 0 Å². The Bertz CT molecular complexity index is 173. The minimum Gasteiger partial charge on any atom is -0.369 e. The quantitative estimate of drug-likeness (QED) is 0.368. The minimum atomic E-state index is 0.102. The summed E-state index contributed by atoms with van der Waals surface area (Å²) in [6.45, 7) is 10.8. The molecule has 0 unspecified atom stereocenters. The van der Waals surface area contributed by atoms with Crippen LogP contribution >= 0.6 is 0 Å². The molecule has 70 valence electrons. The lowest BCUT2D eigenvalue weighted by atomic mass is 10.0. The molecule has 0 aromatic heterocycles. The number of hydrogen-bond acceptors (Lipinski definition) is 1. The topological polar surface area (TPSA) is 38.9 Å². The zero-order chi connectivity index (χ0) is 9.72. The molecule has 0 aliphatic heterocycles. The molecule has 0 spiro atoms. The van der Waals surface area contributed by atoms with Crippen LogP contribution < -0.4 is 5.32 Å². The Kier molecular flexibility index (Phi) is 4.55. The first-order chi connectivity index (χ1) is 5.50. The maximum absolute atomic E-state index is 7.71. The highest BCUT2D eigenvalue weighted by atomic mass is 15.1. The van der Waals surface area contributed by atoms with E-state index in [9.17, 15) is 0 Å². The number of amidine groups is 1. The third-order valence-corrected chi connectivity index (χ3v) is 1.77. The fraction of sp³-hybridized carbons (Fsp3) is 0.778. The van der Waals surface area contributed by atoms with E-state index in [4.69, 9.17) is 5.41 Å². The predicted molar refractivity (Wildman–Crippen MR) is 53.3 cm³/mol. The van der Waals surface area contributed by atoms with E-state index in [0.29, 0.717) is 11.8 Å². The van der Waals surface area contributed by atoms with Gasteiger partial charge < -0.3 is 5.32 Å². The fourth-order valence-corrected chi connectivity index (χ4v) is 1.36. The molecule has 0 saturated heterocycles. The van der Waals surface area contributed by atoms with E-state index in [2.05, 4.69) is 25.9 Å². The highest BCUT2D eigenvalue weighted by molar-refractivity contribution is 5.83. The van der Waals surface area contributed by atoms with Crippen molar-refractivity contribution in [2.45, 2.75) is 26.8 Å². The van der Waals surface area contributed by atoms with Crippen LogP contribution in [0.3, 0.4) is 0 Å². The lowest BCUT2D eigenvalue weighted by Crippen LogP contribution is -2.43. The number of hydrogen-bond donors (Lipinski definition) is 2. The standard InChI is InChI=1S/C9H20N3/c1-6-11-9(10)8(7(2)3)12(4)5/h7-8H,4,6H2,1-3,5H3,(H2,10,11)/q+1/t8-/m0/s1. The Balaban J connectivity index is 4.30. The molecule has 0 saturated carbocycles. The number of likely N-dealkylation sites (N-methyl/N-ethyl adjacent to an activating group) is 2. The van der Waals surface area contributed by atoms with E-state index in [1.807, 2.05) is 18.5 Å². The molecule has 0 heterocycles. The van der Waals surface area contributed by atoms with Gasteiger partial charge in [-0.15, -0.1) is 0 Å². The summed E-state index contributed by atoms with van der Waals surface area (Å²) in [4.78, 5) is 0. The van der Waals surface area contributed by atoms with Crippen LogP contribution in [-0.2, 0) is 0 Å². The molecule has 0 amide bonds. The van der Waals surface area contributed by atoms with Crippen LogP contribution in [0.15, 0.2) is 0 Å². The van der Waals surface area contributed by atoms with Gasteiger partial charge in [0, 0.05) is 12.5 Å². The number of nitrogens with one attached hydrogen (secondary N) is 2. The summed E-state index contributed by atoms with van der Waals surface area (Å²) in [5.74, 6) is 0.976. The average molecular weight is 170 g/mol. The van der Waals surface area contributed by atoms with Crippen molar-refractivity contribution in [3.63, 3.8) is 0 Å². The molecule has 0 rings (SSSR count). The van der Waals surface area contributed by atoms with Crippen molar-refractivity contribution in [2.75, 3.05) is 13.6 Å². The second-order valence-electron chi connectivity index (χ2n) is 3.39. The van der Waals surface area contributed by atoms with Gasteiger partial charge in [-0.25, -0.2) is 4.58 Å². The monoisotopic (exact) mass is 170 g/mol. The van der Waals surface area contributed by atoms with Crippen LogP contribution in [0.2, 0.25) is 0 Å². The van der Waals surface area contributed by atoms with Crippen LogP contribution in [0, 0.1) is 11.3 Å². The summed E-state index contributed by atoms with van der Waals surface area (Å²) in [5, 5.41) is 10.7. The van der Waals surface area contributed by atoms with Gasteiger partial charge in [-0.05, 0) is 6.92 Å². The molecule has 2 N–H and O–H groups in total. The second kappa shape index (κ2) is 4.91. The molecular formula is C9H20N3+. The maximum Gasteiger partial charge on any atom is 0.210 e. The van der Waals surface area contributed by atoms with Crippen LogP contribution in [-0.4, -0.2) is 36.8 Å². The van der Waals surface area contributed by atoms with Crippen molar-refractivity contribution in [3.8, 4) is 0 Å². The van der Waals surface area contributed by atoms with Gasteiger partial charge in [-0.2, -0.15) is 0 Å². The molecule has 0 aromatic carbocycles. The summed E-state index contributed by atoms with van der Waals surface area (Å²) < 4.78 is 1.83. The van der Waals surface area contributed by atoms with E-state index in [0.717, 1.165) is 6.54 Å². The molecule has 3 nitrogen and oxygen atoms in total. The van der Waals surface area contributed by atoms with E-state index in [1.165, 1.54) is 0 Å². The van der Waals surface area contributed by atoms with E-state index in [1.54, 1.807) is 0 Å². The van der Waals surface area contributed by atoms with Crippen LogP contribution in [0.1, 0.15) is 20.8 Å². The van der Waals surface area contributed by atoms with Gasteiger partial charge in [-0.3, -0.25) is 5.41 Å². The maximum atomic E-state index is 7.71. The van der Waals surface area contributed by atoms with E-state index in [-0.39, 0.29) is 6.04 Å². The van der Waals surface area contributed by atoms with Crippen molar-refractivity contribution < 1.29 is 4.58 Å². The molecule has 0 aliphatic carbocycles. The SMILES string of the molecule is C=[N+](C)[C@H](C(=N)NCC)C(C)C. The Hall–Kier alpha value is -0.860. The summed E-state index contributed by atoms with van der Waals surface area (Å²) in [7, 11) is 1.90. The van der Waals surface area contributed by atoms with Crippen molar-refractivity contribution in [2.24, 2.45) is 5.92 Å². The normalized spacial score (nSPS) is 12.8. The molecule has 0 radical (unpaired) electrons. The third kappa shape index (κ3) is 3.03. The Morgan fingerprint density at radius 2 is 2.08 bits per heavy atom. The Morgan fingerprint density at radius 1 is 1.58 bits per heavy atom. The minimum absolute atomic E-state index is 0.102. The number of nitrogens with zero attached hydrogens (tertiary/aromatic N) is 1. The van der Waals surface area contributed by atoms with Crippen LogP contribution in [0.4, 0.5) is 0 Å². The smallest absolute Gasteiger partial charge is 0.210 e. The van der Waals surface area contributed by atoms with Gasteiger partial charge in [0.25, 0.3) is 0 Å². The molecule has 0 aromatic rings. The van der Waals surface area contributed by atoms with E-state index < -0.39 is 0 Å². The summed E-state index contributed by atoms with van der Waals surface area (Å²) >= 11 is 0. The molecule has 0 bridgehead atoms. The molecular weight excluding hydrogens is 150 g/mol. The van der Waals surface area contributed by atoms with Gasteiger partial charge in [0.1, 0.15) is 13.8 Å². The number of rotatable bonds is 4. The Labute approximate surface area is 75.0 Å². The lowest BCUT2D eigenvalue weighted by molar-refractivity contribution is -0.519. The van der Waals surface area contributed by atoms with Gasteiger partial charge in [0.2, 0.25) is 6.04 Å². The van der Waals surface area contributed by atoms with Crippen molar-refractivity contribution in [3.05, 3.63) is 0 Å². The summed E-state index contributed by atoms with van der Waals surface area (Å²) in [6, 6.07) is 0.102. The lowest BCUT2D eigenvalue weighted by Gasteiger charge is -2.17. The molecule has 1 atom stereocenters. The zero-order valence-electron chi connectivity index (χ0n) is 8.52. The van der Waals surface area contributed by atoms with Crippen molar-refractivity contribution in [1.82, 2.24) is 5.32 Å². The summed E-state index contributed by atoms with van der Waals surface area (Å²) in [5.41, 5.74) is 0. The molecule has 3 heteroatoms. The summed E-state index contributed by atoms with van der Waals surface area (Å²) in [6.07, 6.45) is 0. The highest BCUT2D eigenvalue weighted by Crippen LogP contribution is 2.04. The second-order valence-corrected chi connectivity index (χ2v) is 3.39. The van der Waals surface area contributed by atoms with Crippen molar-refractivity contribution in [1.29, 1.82) is 5.41 Å². The first-order valence-corrected chi connectivity index (χ1v) is 4.36. The van der Waals surface area contributed by atoms with Crippen LogP contribution in [0.25, 0.3) is 0 Å². The van der Waals surface area contributed by atoms with E-state index >= 15 is 0 Å². The largest absolute Gasteiger partial charge is 0.369 e. The molecule has 0 fully saturated rings. The highest BCUT2D eigenvalue weighted by Gasteiger charge is 2.24. The first kappa shape index (κ1) is 11.1. The molecule has 12 heavy (non-hydrogen) atoms. The van der Waals surface area contributed by atoms with Gasteiger partial charge >= 0.3 is 0 Å². The first-order valence-electron chi connectivity index (χ1n) is 4.36.